The van der Waals surface area contributed by atoms with Gasteiger partial charge in [-0.1, -0.05) is 13.8 Å². The minimum Gasteiger partial charge on any atom is -0.505 e. The summed E-state index contributed by atoms with van der Waals surface area (Å²) in [7, 11) is 0. The van der Waals surface area contributed by atoms with Gasteiger partial charge in [0.25, 0.3) is 5.91 Å². The maximum absolute atomic E-state index is 13.3. The van der Waals surface area contributed by atoms with Crippen LogP contribution in [0.2, 0.25) is 0 Å². The molecule has 1 atom stereocenters. The first-order chi connectivity index (χ1) is 11.7. The average Bonchev–Trinajstić information content (AvgIpc) is 2.52. The Hall–Kier alpha value is -2.50. The number of aromatic hydroxyl groups is 1. The zero-order chi connectivity index (χ0) is 18.2. The fourth-order valence-electron chi connectivity index (χ4n) is 3.04. The van der Waals surface area contributed by atoms with Crippen LogP contribution in [0.3, 0.4) is 0 Å². The highest BCUT2D eigenvalue weighted by Crippen LogP contribution is 2.40. The number of carbonyl (C=O) groups excluding carboxylic acids is 1. The highest BCUT2D eigenvalue weighted by molar-refractivity contribution is 5.95. The molecule has 1 aromatic carbocycles. The van der Waals surface area contributed by atoms with Crippen LogP contribution in [-0.4, -0.2) is 22.0 Å². The van der Waals surface area contributed by atoms with E-state index in [1.807, 2.05) is 0 Å². The lowest BCUT2D eigenvalue weighted by Crippen LogP contribution is -2.52. The van der Waals surface area contributed by atoms with E-state index in [0.29, 0.717) is 11.3 Å². The molecule has 2 N–H and O–H groups in total. The minimum atomic E-state index is -0.668. The van der Waals surface area contributed by atoms with Crippen LogP contribution in [0, 0.1) is 17.0 Å². The number of hydrogen-bond acceptors (Lipinski definition) is 3. The van der Waals surface area contributed by atoms with E-state index in [0.717, 1.165) is 18.9 Å². The van der Waals surface area contributed by atoms with Crippen molar-refractivity contribution in [1.29, 1.82) is 0 Å². The van der Waals surface area contributed by atoms with Crippen molar-refractivity contribution in [2.75, 3.05) is 0 Å². The smallest absolute Gasteiger partial charge is 0.273 e. The summed E-state index contributed by atoms with van der Waals surface area (Å²) in [5.41, 5.74) is 0.808. The summed E-state index contributed by atoms with van der Waals surface area (Å²) in [5, 5.41) is 12.8. The van der Waals surface area contributed by atoms with Crippen LogP contribution in [0.5, 0.6) is 5.75 Å². The zero-order valence-corrected chi connectivity index (χ0v) is 14.1. The van der Waals surface area contributed by atoms with E-state index in [-0.39, 0.29) is 29.3 Å². The number of halogens is 2. The molecule has 1 heterocycles. The van der Waals surface area contributed by atoms with Gasteiger partial charge in [0.05, 0.1) is 0 Å². The SMILES string of the molecule is CC1(C)CCC1NC(=O)c1nc(Cc2cc(F)cc(F)c2)ccc1O. The summed E-state index contributed by atoms with van der Waals surface area (Å²) in [5.74, 6) is -2.00. The third-order valence-electron chi connectivity index (χ3n) is 4.78. The molecule has 0 aliphatic heterocycles. The molecule has 0 bridgehead atoms. The monoisotopic (exact) mass is 346 g/mol. The summed E-state index contributed by atoms with van der Waals surface area (Å²) in [6.07, 6.45) is 2.08. The fraction of sp³-hybridized carbons (Fsp3) is 0.368. The summed E-state index contributed by atoms with van der Waals surface area (Å²) in [4.78, 5) is 16.6. The second-order valence-electron chi connectivity index (χ2n) is 7.18. The van der Waals surface area contributed by atoms with Crippen LogP contribution in [-0.2, 0) is 6.42 Å². The summed E-state index contributed by atoms with van der Waals surface area (Å²) in [6, 6.07) is 6.18. The molecule has 25 heavy (non-hydrogen) atoms. The molecule has 1 saturated carbocycles. The molecule has 0 spiro atoms. The second-order valence-corrected chi connectivity index (χ2v) is 7.18. The van der Waals surface area contributed by atoms with Crippen LogP contribution >= 0.6 is 0 Å². The number of nitrogens with one attached hydrogen (secondary N) is 1. The third kappa shape index (κ3) is 3.78. The zero-order valence-electron chi connectivity index (χ0n) is 14.1. The fourth-order valence-corrected chi connectivity index (χ4v) is 3.04. The third-order valence-corrected chi connectivity index (χ3v) is 4.78. The summed E-state index contributed by atoms with van der Waals surface area (Å²) < 4.78 is 26.6. The van der Waals surface area contributed by atoms with Gasteiger partial charge < -0.3 is 10.4 Å². The van der Waals surface area contributed by atoms with Crippen molar-refractivity contribution < 1.29 is 18.7 Å². The predicted octanol–water partition coefficient (Wildman–Crippen LogP) is 3.57. The highest BCUT2D eigenvalue weighted by atomic mass is 19.1. The van der Waals surface area contributed by atoms with Gasteiger partial charge in [-0.2, -0.15) is 0 Å². The average molecular weight is 346 g/mol. The van der Waals surface area contributed by atoms with Crippen molar-refractivity contribution >= 4 is 5.91 Å². The van der Waals surface area contributed by atoms with E-state index < -0.39 is 17.5 Å². The van der Waals surface area contributed by atoms with Gasteiger partial charge in [-0.3, -0.25) is 4.79 Å². The second kappa shape index (κ2) is 6.43. The van der Waals surface area contributed by atoms with Crippen LogP contribution in [0.1, 0.15) is 48.4 Å². The summed E-state index contributed by atoms with van der Waals surface area (Å²) in [6.45, 7) is 4.15. The van der Waals surface area contributed by atoms with Crippen molar-refractivity contribution in [2.45, 2.75) is 39.2 Å². The molecule has 1 fully saturated rings. The molecule has 2 aromatic rings. The highest BCUT2D eigenvalue weighted by Gasteiger charge is 2.39. The van der Waals surface area contributed by atoms with Crippen molar-refractivity contribution in [2.24, 2.45) is 5.41 Å². The molecule has 1 aromatic heterocycles. The van der Waals surface area contributed by atoms with E-state index in [1.54, 1.807) is 0 Å². The molecule has 4 nitrogen and oxygen atoms in total. The van der Waals surface area contributed by atoms with E-state index >= 15 is 0 Å². The molecule has 1 aliphatic carbocycles. The van der Waals surface area contributed by atoms with Crippen molar-refractivity contribution in [3.05, 3.63) is 58.9 Å². The number of pyridine rings is 1. The number of benzene rings is 1. The minimum absolute atomic E-state index is 0.0297. The number of rotatable bonds is 4. The number of hydrogen-bond donors (Lipinski definition) is 2. The van der Waals surface area contributed by atoms with Gasteiger partial charge in [-0.05, 0) is 48.1 Å². The van der Waals surface area contributed by atoms with Gasteiger partial charge in [-0.15, -0.1) is 0 Å². The van der Waals surface area contributed by atoms with Gasteiger partial charge in [0, 0.05) is 24.2 Å². The molecule has 1 unspecified atom stereocenters. The molecular formula is C19H20F2N2O2. The van der Waals surface area contributed by atoms with Crippen molar-refractivity contribution in [3.63, 3.8) is 0 Å². The number of aromatic nitrogens is 1. The summed E-state index contributed by atoms with van der Waals surface area (Å²) >= 11 is 0. The van der Waals surface area contributed by atoms with Gasteiger partial charge in [0.1, 0.15) is 17.4 Å². The molecule has 1 aliphatic rings. The van der Waals surface area contributed by atoms with Crippen LogP contribution in [0.25, 0.3) is 0 Å². The lowest BCUT2D eigenvalue weighted by molar-refractivity contribution is 0.0725. The number of carbonyl (C=O) groups is 1. The largest absolute Gasteiger partial charge is 0.505 e. The molecule has 6 heteroatoms. The normalized spacial score (nSPS) is 18.5. The van der Waals surface area contributed by atoms with Gasteiger partial charge in [0.15, 0.2) is 5.69 Å². The lowest BCUT2D eigenvalue weighted by atomic mass is 9.67. The molecule has 3 rings (SSSR count). The van der Waals surface area contributed by atoms with Crippen LogP contribution in [0.15, 0.2) is 30.3 Å². The molecule has 0 saturated heterocycles. The Kier molecular flexibility index (Phi) is 4.45. The van der Waals surface area contributed by atoms with Gasteiger partial charge >= 0.3 is 0 Å². The van der Waals surface area contributed by atoms with E-state index in [4.69, 9.17) is 0 Å². The first-order valence-electron chi connectivity index (χ1n) is 8.19. The Morgan fingerprint density at radius 1 is 1.28 bits per heavy atom. The molecular weight excluding hydrogens is 326 g/mol. The van der Waals surface area contributed by atoms with Crippen molar-refractivity contribution in [1.82, 2.24) is 10.3 Å². The maximum atomic E-state index is 13.3. The quantitative estimate of drug-likeness (QED) is 0.890. The van der Waals surface area contributed by atoms with E-state index in [9.17, 15) is 18.7 Å². The van der Waals surface area contributed by atoms with E-state index in [2.05, 4.69) is 24.1 Å². The Bertz CT molecular complexity index is 801. The molecule has 132 valence electrons. The van der Waals surface area contributed by atoms with Crippen LogP contribution < -0.4 is 5.32 Å². The van der Waals surface area contributed by atoms with Gasteiger partial charge in [0.2, 0.25) is 0 Å². The Morgan fingerprint density at radius 3 is 2.52 bits per heavy atom. The first-order valence-corrected chi connectivity index (χ1v) is 8.19. The maximum Gasteiger partial charge on any atom is 0.273 e. The molecule has 0 radical (unpaired) electrons. The number of nitrogens with zero attached hydrogens (tertiary/aromatic N) is 1. The Balaban J connectivity index is 1.79. The number of amides is 1. The Morgan fingerprint density at radius 2 is 1.96 bits per heavy atom. The molecule has 1 amide bonds. The van der Waals surface area contributed by atoms with Crippen molar-refractivity contribution in [3.8, 4) is 5.75 Å². The Labute approximate surface area is 144 Å². The van der Waals surface area contributed by atoms with Gasteiger partial charge in [-0.25, -0.2) is 13.8 Å². The lowest BCUT2D eigenvalue weighted by Gasteiger charge is -2.44. The predicted molar refractivity (Wildman–Crippen MR) is 89.3 cm³/mol. The van der Waals surface area contributed by atoms with E-state index in [1.165, 1.54) is 24.3 Å². The first kappa shape index (κ1) is 17.3. The standard InChI is InChI=1S/C19H20F2N2O2/c1-19(2)6-5-16(19)23-18(25)17-15(24)4-3-14(22-17)9-11-7-12(20)10-13(21)8-11/h3-4,7-8,10,16,24H,5-6,9H2,1-2H3,(H,23,25). The topological polar surface area (TPSA) is 62.2 Å². The van der Waals surface area contributed by atoms with Crippen LogP contribution in [0.4, 0.5) is 8.78 Å².